The Balaban J connectivity index is 1.65. The maximum Gasteiger partial charge on any atom is 0.312 e. The molecule has 0 bridgehead atoms. The van der Waals surface area contributed by atoms with Gasteiger partial charge in [-0.25, -0.2) is 0 Å². The molecule has 0 amide bonds. The number of Topliss-reactive ketones (excluding diaryl/α,β-unsaturated/α-hetero) is 1. The number of rotatable bonds is 1. The highest BCUT2D eigenvalue weighted by molar-refractivity contribution is 5.82. The number of fused-ring (bicyclic) bond motifs is 7. The van der Waals surface area contributed by atoms with Crippen LogP contribution in [0.15, 0.2) is 12.2 Å². The molecule has 5 nitrogen and oxygen atoms in total. The van der Waals surface area contributed by atoms with E-state index in [9.17, 15) is 19.8 Å². The summed E-state index contributed by atoms with van der Waals surface area (Å²) in [6, 6.07) is 0. The highest BCUT2D eigenvalue weighted by atomic mass is 16.5. The van der Waals surface area contributed by atoms with Crippen molar-refractivity contribution in [3.63, 3.8) is 0 Å². The van der Waals surface area contributed by atoms with Gasteiger partial charge < -0.3 is 14.9 Å². The van der Waals surface area contributed by atoms with E-state index >= 15 is 0 Å². The summed E-state index contributed by atoms with van der Waals surface area (Å²) < 4.78 is 5.60. The molecule has 0 aromatic carbocycles. The summed E-state index contributed by atoms with van der Waals surface area (Å²) in [6.07, 6.45) is 5.83. The maximum atomic E-state index is 14.0. The largest absolute Gasteiger partial charge is 0.469 e. The number of hydrogen-bond donors (Lipinski definition) is 2. The first-order valence-corrected chi connectivity index (χ1v) is 13.9. The number of hydrogen-bond acceptors (Lipinski definition) is 5. The summed E-state index contributed by atoms with van der Waals surface area (Å²) in [6.45, 7) is 15.5. The summed E-state index contributed by atoms with van der Waals surface area (Å²) in [4.78, 5) is 26.8. The predicted molar refractivity (Wildman–Crippen MR) is 134 cm³/mol. The molecule has 0 heterocycles. The van der Waals surface area contributed by atoms with Crippen LogP contribution in [-0.2, 0) is 14.3 Å². The van der Waals surface area contributed by atoms with E-state index in [0.717, 1.165) is 38.5 Å². The summed E-state index contributed by atoms with van der Waals surface area (Å²) in [5, 5.41) is 22.3. The molecule has 5 aliphatic rings. The Bertz CT molecular complexity index is 958. The molecule has 0 aromatic rings. The number of ketones is 1. The second kappa shape index (κ2) is 7.66. The van der Waals surface area contributed by atoms with Crippen LogP contribution in [0.5, 0.6) is 0 Å². The molecule has 0 aliphatic heterocycles. The second-order valence-electron chi connectivity index (χ2n) is 14.1. The first-order chi connectivity index (χ1) is 16.2. The van der Waals surface area contributed by atoms with E-state index in [1.54, 1.807) is 0 Å². The number of carbonyl (C=O) groups is 2. The fourth-order valence-corrected chi connectivity index (χ4v) is 11.2. The smallest absolute Gasteiger partial charge is 0.312 e. The lowest BCUT2D eigenvalue weighted by molar-refractivity contribution is -0.270. The molecule has 5 aliphatic carbocycles. The van der Waals surface area contributed by atoms with E-state index in [0.29, 0.717) is 42.5 Å². The number of ether oxygens (including phenoxy) is 1. The molecule has 2 N–H and O–H groups in total. The average Bonchev–Trinajstić information content (AvgIpc) is 2.80. The van der Waals surface area contributed by atoms with Crippen LogP contribution >= 0.6 is 0 Å². The number of methoxy groups -OCH3 is 1. The standard InChI is InChI=1S/C30H46O5/c1-17-20(32)16-26(3)12-14-29(6)22-10-11-27(4)18(2)19(31)8-9-21(27)28(22,5)13-15-30(29,25(34)35-7)24(26)23(17)33/h18,20-24,32-33H,1,8-16H2,2-7H3/t18-,20-,21+,22-,23-,24+,26-,27+,28-,29+,30-/m0/s1. The Morgan fingerprint density at radius 2 is 1.66 bits per heavy atom. The molecule has 35 heavy (non-hydrogen) atoms. The van der Waals surface area contributed by atoms with Crippen molar-refractivity contribution in [1.29, 1.82) is 0 Å². The molecule has 0 saturated heterocycles. The summed E-state index contributed by atoms with van der Waals surface area (Å²) in [5.74, 6) is 0.753. The molecule has 5 fully saturated rings. The van der Waals surface area contributed by atoms with Crippen molar-refractivity contribution in [3.8, 4) is 0 Å². The van der Waals surface area contributed by atoms with Crippen LogP contribution in [0.1, 0.15) is 92.4 Å². The summed E-state index contributed by atoms with van der Waals surface area (Å²) in [5.41, 5.74) is -0.995. The minimum atomic E-state index is -0.923. The second-order valence-corrected chi connectivity index (χ2v) is 14.1. The Kier molecular flexibility index (Phi) is 5.57. The Labute approximate surface area is 211 Å². The van der Waals surface area contributed by atoms with Gasteiger partial charge >= 0.3 is 5.97 Å². The van der Waals surface area contributed by atoms with Crippen LogP contribution in [0, 0.1) is 50.7 Å². The van der Waals surface area contributed by atoms with Crippen molar-refractivity contribution in [3.05, 3.63) is 12.2 Å². The number of aliphatic hydroxyl groups is 2. The average molecular weight is 487 g/mol. The number of esters is 1. The lowest BCUT2D eigenvalue weighted by atomic mass is 9.30. The Morgan fingerprint density at radius 1 is 0.971 bits per heavy atom. The van der Waals surface area contributed by atoms with E-state index in [1.165, 1.54) is 7.11 Å². The highest BCUT2D eigenvalue weighted by Gasteiger charge is 2.76. The molecule has 0 radical (unpaired) electrons. The zero-order valence-electron chi connectivity index (χ0n) is 22.7. The third-order valence-electron chi connectivity index (χ3n) is 13.2. The summed E-state index contributed by atoms with van der Waals surface area (Å²) in [7, 11) is 1.49. The molecule has 0 aromatic heterocycles. The zero-order chi connectivity index (χ0) is 25.8. The van der Waals surface area contributed by atoms with Crippen LogP contribution in [0.25, 0.3) is 0 Å². The van der Waals surface area contributed by atoms with Gasteiger partial charge in [0, 0.05) is 18.3 Å². The fourth-order valence-electron chi connectivity index (χ4n) is 11.2. The normalized spacial score (nSPS) is 55.8. The van der Waals surface area contributed by atoms with Crippen molar-refractivity contribution >= 4 is 11.8 Å². The molecular formula is C30H46O5. The van der Waals surface area contributed by atoms with Gasteiger partial charge in [0.1, 0.15) is 5.78 Å². The van der Waals surface area contributed by atoms with Crippen molar-refractivity contribution in [2.24, 2.45) is 50.7 Å². The van der Waals surface area contributed by atoms with Gasteiger partial charge in [-0.1, -0.05) is 41.2 Å². The lowest BCUT2D eigenvalue weighted by Gasteiger charge is -2.74. The quantitative estimate of drug-likeness (QED) is 0.399. The van der Waals surface area contributed by atoms with Gasteiger partial charge in [0.2, 0.25) is 0 Å². The van der Waals surface area contributed by atoms with Crippen molar-refractivity contribution in [1.82, 2.24) is 0 Å². The topological polar surface area (TPSA) is 83.8 Å². The van der Waals surface area contributed by atoms with E-state index in [2.05, 4.69) is 41.2 Å². The maximum absolute atomic E-state index is 14.0. The van der Waals surface area contributed by atoms with Gasteiger partial charge in [-0.3, -0.25) is 9.59 Å². The molecule has 5 heteroatoms. The highest BCUT2D eigenvalue weighted by Crippen LogP contribution is 2.78. The fraction of sp³-hybridized carbons (Fsp3) is 0.867. The molecule has 0 unspecified atom stereocenters. The van der Waals surface area contributed by atoms with Gasteiger partial charge in [-0.2, -0.15) is 0 Å². The zero-order valence-corrected chi connectivity index (χ0v) is 22.7. The SMILES string of the molecule is C=C1[C@@H](O)C[C@]2(C)CC[C@]3(C)[C@H]4CC[C@@]5(C)[C@@H](CCC(=O)[C@@H]5C)[C@]4(C)CC[C@@]3(C(=O)OC)[C@@H]2[C@H]1O. The van der Waals surface area contributed by atoms with E-state index < -0.39 is 17.6 Å². The molecule has 5 saturated carbocycles. The molecule has 5 rings (SSSR count). The minimum absolute atomic E-state index is 0.00807. The van der Waals surface area contributed by atoms with Crippen molar-refractivity contribution in [2.45, 2.75) is 105 Å². The minimum Gasteiger partial charge on any atom is -0.469 e. The van der Waals surface area contributed by atoms with Gasteiger partial charge in [-0.05, 0) is 90.4 Å². The number of aliphatic hydroxyl groups excluding tert-OH is 2. The first-order valence-electron chi connectivity index (χ1n) is 13.9. The molecule has 0 spiro atoms. The monoisotopic (exact) mass is 486 g/mol. The van der Waals surface area contributed by atoms with E-state index in [-0.39, 0.29) is 39.5 Å². The van der Waals surface area contributed by atoms with Crippen LogP contribution in [0.2, 0.25) is 0 Å². The van der Waals surface area contributed by atoms with Crippen LogP contribution < -0.4 is 0 Å². The van der Waals surface area contributed by atoms with Gasteiger partial charge in [0.05, 0.1) is 24.7 Å². The molecule has 196 valence electrons. The Hall–Kier alpha value is -1.20. The molecular weight excluding hydrogens is 440 g/mol. The van der Waals surface area contributed by atoms with E-state index in [1.807, 2.05) is 0 Å². The predicted octanol–water partition coefficient (Wildman–Crippen LogP) is 5.08. The summed E-state index contributed by atoms with van der Waals surface area (Å²) >= 11 is 0. The van der Waals surface area contributed by atoms with Crippen molar-refractivity contribution in [2.75, 3.05) is 7.11 Å². The van der Waals surface area contributed by atoms with Gasteiger partial charge in [0.25, 0.3) is 0 Å². The number of carbonyl (C=O) groups excluding carboxylic acids is 2. The van der Waals surface area contributed by atoms with E-state index in [4.69, 9.17) is 4.74 Å². The van der Waals surface area contributed by atoms with Crippen LogP contribution in [0.4, 0.5) is 0 Å². The molecule has 11 atom stereocenters. The lowest BCUT2D eigenvalue weighted by Crippen LogP contribution is -2.72. The van der Waals surface area contributed by atoms with Crippen LogP contribution in [-0.4, -0.2) is 41.3 Å². The first kappa shape index (κ1) is 25.4. The third-order valence-corrected chi connectivity index (χ3v) is 13.2. The third kappa shape index (κ3) is 2.89. The Morgan fingerprint density at radius 3 is 2.31 bits per heavy atom. The van der Waals surface area contributed by atoms with Gasteiger partial charge in [-0.15, -0.1) is 0 Å². The van der Waals surface area contributed by atoms with Crippen molar-refractivity contribution < 1.29 is 24.5 Å². The van der Waals surface area contributed by atoms with Gasteiger partial charge in [0.15, 0.2) is 0 Å². The van der Waals surface area contributed by atoms with Crippen LogP contribution in [0.3, 0.4) is 0 Å².